The van der Waals surface area contributed by atoms with Crippen LogP contribution in [0.2, 0.25) is 0 Å². The molecule has 1 aromatic carbocycles. The van der Waals surface area contributed by atoms with Gasteiger partial charge in [0.2, 0.25) is 5.91 Å². The SMILES string of the molecule is O=C(CN(Cc1ccco1)Cc1ccco1)N(Cc1ccccc1)C1CC1. The molecule has 2 heterocycles. The molecule has 0 bridgehead atoms. The van der Waals surface area contributed by atoms with Gasteiger partial charge in [0.25, 0.3) is 0 Å². The van der Waals surface area contributed by atoms with Crippen molar-refractivity contribution >= 4 is 5.91 Å². The Morgan fingerprint density at radius 2 is 1.48 bits per heavy atom. The van der Waals surface area contributed by atoms with Crippen LogP contribution in [0.15, 0.2) is 76.0 Å². The summed E-state index contributed by atoms with van der Waals surface area (Å²) in [6.45, 7) is 2.15. The van der Waals surface area contributed by atoms with E-state index in [1.54, 1.807) is 12.5 Å². The monoisotopic (exact) mass is 364 g/mol. The smallest absolute Gasteiger partial charge is 0.237 e. The van der Waals surface area contributed by atoms with Crippen molar-refractivity contribution in [1.29, 1.82) is 0 Å². The Kier molecular flexibility index (Phi) is 5.39. The number of hydrogen-bond acceptors (Lipinski definition) is 4. The van der Waals surface area contributed by atoms with Crippen LogP contribution in [0, 0.1) is 0 Å². The highest BCUT2D eigenvalue weighted by Crippen LogP contribution is 2.28. The molecule has 5 nitrogen and oxygen atoms in total. The second-order valence-corrected chi connectivity index (χ2v) is 7.04. The van der Waals surface area contributed by atoms with E-state index in [2.05, 4.69) is 17.0 Å². The lowest BCUT2D eigenvalue weighted by Crippen LogP contribution is -2.40. The average Bonchev–Trinajstić information content (AvgIpc) is 3.14. The lowest BCUT2D eigenvalue weighted by Gasteiger charge is -2.27. The second kappa shape index (κ2) is 8.27. The molecule has 0 saturated heterocycles. The lowest BCUT2D eigenvalue weighted by atomic mass is 10.2. The molecule has 1 fully saturated rings. The molecule has 140 valence electrons. The molecule has 2 aromatic heterocycles. The number of nitrogens with zero attached hydrogens (tertiary/aromatic N) is 2. The molecular weight excluding hydrogens is 340 g/mol. The standard InChI is InChI=1S/C22H24N2O3/c25-22(24(19-10-11-19)14-18-6-2-1-3-7-18)17-23(15-20-8-4-12-26-20)16-21-9-5-13-27-21/h1-9,12-13,19H,10-11,14-17H2. The minimum Gasteiger partial charge on any atom is -0.468 e. The predicted molar refractivity (Wildman–Crippen MR) is 102 cm³/mol. The van der Waals surface area contributed by atoms with Gasteiger partial charge in [-0.2, -0.15) is 0 Å². The zero-order chi connectivity index (χ0) is 18.5. The molecule has 3 aromatic rings. The first-order chi connectivity index (χ1) is 13.3. The minimum absolute atomic E-state index is 0.152. The third-order valence-electron chi connectivity index (χ3n) is 4.78. The van der Waals surface area contributed by atoms with Crippen LogP contribution in [0.4, 0.5) is 0 Å². The summed E-state index contributed by atoms with van der Waals surface area (Å²) in [7, 11) is 0. The average molecular weight is 364 g/mol. The fourth-order valence-corrected chi connectivity index (χ4v) is 3.28. The van der Waals surface area contributed by atoms with Gasteiger partial charge in [-0.1, -0.05) is 30.3 Å². The molecule has 4 rings (SSSR count). The maximum absolute atomic E-state index is 13.1. The highest BCUT2D eigenvalue weighted by Gasteiger charge is 2.33. The third-order valence-corrected chi connectivity index (χ3v) is 4.78. The summed E-state index contributed by atoms with van der Waals surface area (Å²) < 4.78 is 11.0. The van der Waals surface area contributed by atoms with Gasteiger partial charge < -0.3 is 13.7 Å². The fraction of sp³-hybridized carbons (Fsp3) is 0.318. The van der Waals surface area contributed by atoms with Gasteiger partial charge in [0, 0.05) is 12.6 Å². The summed E-state index contributed by atoms with van der Waals surface area (Å²) in [5.74, 6) is 1.84. The Morgan fingerprint density at radius 3 is 2.00 bits per heavy atom. The van der Waals surface area contributed by atoms with Crippen LogP contribution in [0.25, 0.3) is 0 Å². The van der Waals surface area contributed by atoms with Crippen molar-refractivity contribution in [2.75, 3.05) is 6.54 Å². The van der Waals surface area contributed by atoms with Crippen molar-refractivity contribution in [3.05, 3.63) is 84.2 Å². The highest BCUT2D eigenvalue weighted by molar-refractivity contribution is 5.79. The molecule has 0 atom stereocenters. The van der Waals surface area contributed by atoms with Crippen molar-refractivity contribution in [2.45, 2.75) is 38.5 Å². The van der Waals surface area contributed by atoms with Gasteiger partial charge in [0.1, 0.15) is 11.5 Å². The summed E-state index contributed by atoms with van der Waals surface area (Å²) in [6.07, 6.45) is 5.51. The second-order valence-electron chi connectivity index (χ2n) is 7.04. The summed E-state index contributed by atoms with van der Waals surface area (Å²) in [4.78, 5) is 17.2. The van der Waals surface area contributed by atoms with Crippen LogP contribution in [0.5, 0.6) is 0 Å². The highest BCUT2D eigenvalue weighted by atomic mass is 16.3. The maximum atomic E-state index is 13.1. The number of furan rings is 2. The number of amides is 1. The van der Waals surface area contributed by atoms with E-state index in [1.165, 1.54) is 5.56 Å². The van der Waals surface area contributed by atoms with Crippen LogP contribution in [-0.2, 0) is 24.4 Å². The molecule has 1 amide bonds. The summed E-state index contributed by atoms with van der Waals surface area (Å²) in [5, 5.41) is 0. The molecular formula is C22H24N2O3. The maximum Gasteiger partial charge on any atom is 0.237 e. The Balaban J connectivity index is 1.45. The number of carbonyl (C=O) groups excluding carboxylic acids is 1. The van der Waals surface area contributed by atoms with E-state index in [4.69, 9.17) is 8.83 Å². The van der Waals surface area contributed by atoms with Crippen LogP contribution in [0.3, 0.4) is 0 Å². The van der Waals surface area contributed by atoms with Crippen LogP contribution in [-0.4, -0.2) is 28.3 Å². The largest absolute Gasteiger partial charge is 0.468 e. The van der Waals surface area contributed by atoms with Gasteiger partial charge in [0.05, 0.1) is 32.2 Å². The van der Waals surface area contributed by atoms with E-state index in [1.807, 2.05) is 47.4 Å². The predicted octanol–water partition coefficient (Wildman–Crippen LogP) is 4.07. The fourth-order valence-electron chi connectivity index (χ4n) is 3.28. The molecule has 5 heteroatoms. The zero-order valence-electron chi connectivity index (χ0n) is 15.3. The summed E-state index contributed by atoms with van der Waals surface area (Å²) in [5.41, 5.74) is 1.17. The van der Waals surface area contributed by atoms with Crippen molar-refractivity contribution in [3.63, 3.8) is 0 Å². The Bertz CT molecular complexity index is 788. The molecule has 0 spiro atoms. The molecule has 1 aliphatic rings. The number of benzene rings is 1. The molecule has 1 saturated carbocycles. The third kappa shape index (κ3) is 4.89. The Labute approximate surface area is 159 Å². The minimum atomic E-state index is 0.152. The first-order valence-corrected chi connectivity index (χ1v) is 9.38. The van der Waals surface area contributed by atoms with Crippen molar-refractivity contribution in [2.24, 2.45) is 0 Å². The number of rotatable bonds is 9. The van der Waals surface area contributed by atoms with Crippen molar-refractivity contribution < 1.29 is 13.6 Å². The molecule has 1 aliphatic carbocycles. The Hall–Kier alpha value is -2.79. The quantitative estimate of drug-likeness (QED) is 0.574. The molecule has 0 radical (unpaired) electrons. The first-order valence-electron chi connectivity index (χ1n) is 9.38. The normalized spacial score (nSPS) is 13.8. The van der Waals surface area contributed by atoms with Crippen LogP contribution >= 0.6 is 0 Å². The number of hydrogen-bond donors (Lipinski definition) is 0. The van der Waals surface area contributed by atoms with E-state index in [0.29, 0.717) is 32.2 Å². The van der Waals surface area contributed by atoms with E-state index in [9.17, 15) is 4.79 Å². The van der Waals surface area contributed by atoms with Gasteiger partial charge >= 0.3 is 0 Å². The van der Waals surface area contributed by atoms with Crippen LogP contribution in [0.1, 0.15) is 29.9 Å². The molecule has 0 aliphatic heterocycles. The van der Waals surface area contributed by atoms with Gasteiger partial charge in [-0.3, -0.25) is 9.69 Å². The molecule has 27 heavy (non-hydrogen) atoms. The molecule has 0 unspecified atom stereocenters. The van der Waals surface area contributed by atoms with Gasteiger partial charge in [-0.25, -0.2) is 0 Å². The van der Waals surface area contributed by atoms with Crippen molar-refractivity contribution in [1.82, 2.24) is 9.80 Å². The van der Waals surface area contributed by atoms with E-state index >= 15 is 0 Å². The van der Waals surface area contributed by atoms with Crippen LogP contribution < -0.4 is 0 Å². The van der Waals surface area contributed by atoms with Gasteiger partial charge in [0.15, 0.2) is 0 Å². The summed E-state index contributed by atoms with van der Waals surface area (Å²) >= 11 is 0. The van der Waals surface area contributed by atoms with E-state index in [0.717, 1.165) is 24.4 Å². The molecule has 0 N–H and O–H groups in total. The first kappa shape index (κ1) is 17.6. The Morgan fingerprint density at radius 1 is 0.852 bits per heavy atom. The zero-order valence-corrected chi connectivity index (χ0v) is 15.3. The van der Waals surface area contributed by atoms with Gasteiger partial charge in [-0.05, 0) is 42.7 Å². The lowest BCUT2D eigenvalue weighted by molar-refractivity contribution is -0.134. The van der Waals surface area contributed by atoms with E-state index in [-0.39, 0.29) is 5.91 Å². The van der Waals surface area contributed by atoms with Crippen molar-refractivity contribution in [3.8, 4) is 0 Å². The topological polar surface area (TPSA) is 49.8 Å². The summed E-state index contributed by atoms with van der Waals surface area (Å²) in [6, 6.07) is 18.2. The van der Waals surface area contributed by atoms with E-state index < -0.39 is 0 Å². The van der Waals surface area contributed by atoms with Gasteiger partial charge in [-0.15, -0.1) is 0 Å². The number of carbonyl (C=O) groups is 1.